The van der Waals surface area contributed by atoms with Gasteiger partial charge in [-0.2, -0.15) is 5.26 Å². The molecule has 1 aromatic carbocycles. The van der Waals surface area contributed by atoms with Crippen molar-refractivity contribution in [3.63, 3.8) is 0 Å². The highest BCUT2D eigenvalue weighted by atomic mass is 16.2. The molecule has 3 N–H and O–H groups in total. The molecule has 1 fully saturated rings. The second-order valence-electron chi connectivity index (χ2n) is 9.78. The van der Waals surface area contributed by atoms with Crippen LogP contribution in [0.2, 0.25) is 0 Å². The van der Waals surface area contributed by atoms with Crippen LogP contribution >= 0.6 is 0 Å². The second-order valence-corrected chi connectivity index (χ2v) is 9.78. The number of aromatic nitrogens is 2. The summed E-state index contributed by atoms with van der Waals surface area (Å²) in [6.07, 6.45) is 5.41. The molecule has 0 saturated heterocycles. The van der Waals surface area contributed by atoms with E-state index in [1.54, 1.807) is 43.5 Å². The van der Waals surface area contributed by atoms with Crippen molar-refractivity contribution < 1.29 is 9.59 Å². The van der Waals surface area contributed by atoms with Crippen molar-refractivity contribution >= 4 is 29.0 Å². The van der Waals surface area contributed by atoms with E-state index in [1.807, 2.05) is 26.8 Å². The Hall–Kier alpha value is -4.25. The third-order valence-corrected chi connectivity index (χ3v) is 5.73. The molecule has 1 saturated carbocycles. The SMILES string of the molecule is Cc1ncc(NC(=O)c2cc(C#N)cc(C(C)(C)C)c2)cc1C(=O)Nc1ccc(NC2CC2)nc1. The Labute approximate surface area is 204 Å². The highest BCUT2D eigenvalue weighted by Crippen LogP contribution is 2.26. The molecule has 0 radical (unpaired) electrons. The topological polar surface area (TPSA) is 120 Å². The normalized spacial score (nSPS) is 13.0. The van der Waals surface area contributed by atoms with E-state index in [1.165, 1.54) is 6.20 Å². The average molecular weight is 469 g/mol. The number of rotatable bonds is 6. The molecule has 2 amide bonds. The lowest BCUT2D eigenvalue weighted by Crippen LogP contribution is -2.18. The minimum Gasteiger partial charge on any atom is -0.367 e. The number of amides is 2. The van der Waals surface area contributed by atoms with Gasteiger partial charge >= 0.3 is 0 Å². The summed E-state index contributed by atoms with van der Waals surface area (Å²) in [6.45, 7) is 7.79. The lowest BCUT2D eigenvalue weighted by molar-refractivity contribution is 0.101. The van der Waals surface area contributed by atoms with Crippen LogP contribution in [0, 0.1) is 18.3 Å². The summed E-state index contributed by atoms with van der Waals surface area (Å²) in [6, 6.07) is 12.9. The van der Waals surface area contributed by atoms with Crippen LogP contribution in [0.5, 0.6) is 0 Å². The van der Waals surface area contributed by atoms with Gasteiger partial charge in [-0.25, -0.2) is 4.98 Å². The van der Waals surface area contributed by atoms with Gasteiger partial charge in [0.15, 0.2) is 0 Å². The van der Waals surface area contributed by atoms with Crippen LogP contribution in [0.1, 0.15) is 71.1 Å². The molecule has 8 heteroatoms. The van der Waals surface area contributed by atoms with Crippen LogP contribution in [0.4, 0.5) is 17.2 Å². The van der Waals surface area contributed by atoms with Gasteiger partial charge in [0, 0.05) is 11.6 Å². The van der Waals surface area contributed by atoms with Crippen molar-refractivity contribution in [1.82, 2.24) is 9.97 Å². The number of nitriles is 1. The molecule has 0 aliphatic heterocycles. The lowest BCUT2D eigenvalue weighted by atomic mass is 9.85. The Bertz CT molecular complexity index is 1310. The molecule has 178 valence electrons. The third kappa shape index (κ3) is 6.01. The average Bonchev–Trinajstić information content (AvgIpc) is 3.64. The number of aryl methyl sites for hydroxylation is 1. The number of benzene rings is 1. The van der Waals surface area contributed by atoms with Gasteiger partial charge in [-0.1, -0.05) is 20.8 Å². The van der Waals surface area contributed by atoms with Gasteiger partial charge in [0.05, 0.1) is 46.7 Å². The zero-order valence-corrected chi connectivity index (χ0v) is 20.3. The summed E-state index contributed by atoms with van der Waals surface area (Å²) in [5.74, 6) is 0.0491. The molecule has 4 rings (SSSR count). The number of carbonyl (C=O) groups is 2. The van der Waals surface area contributed by atoms with Gasteiger partial charge in [0.25, 0.3) is 11.8 Å². The summed E-state index contributed by atoms with van der Waals surface area (Å²) < 4.78 is 0. The minimum atomic E-state index is -0.382. The van der Waals surface area contributed by atoms with Crippen LogP contribution < -0.4 is 16.0 Å². The van der Waals surface area contributed by atoms with Crippen LogP contribution in [-0.4, -0.2) is 27.8 Å². The predicted molar refractivity (Wildman–Crippen MR) is 136 cm³/mol. The Balaban J connectivity index is 1.49. The summed E-state index contributed by atoms with van der Waals surface area (Å²) in [5, 5.41) is 18.3. The summed E-state index contributed by atoms with van der Waals surface area (Å²) in [5.41, 5.74) is 3.25. The van der Waals surface area contributed by atoms with Crippen LogP contribution in [-0.2, 0) is 5.41 Å². The van der Waals surface area contributed by atoms with Crippen molar-refractivity contribution in [3.05, 3.63) is 76.7 Å². The molecular formula is C27H28N6O2. The first kappa shape index (κ1) is 23.9. The van der Waals surface area contributed by atoms with Crippen molar-refractivity contribution in [3.8, 4) is 6.07 Å². The van der Waals surface area contributed by atoms with Crippen LogP contribution in [0.3, 0.4) is 0 Å². The van der Waals surface area contributed by atoms with Crippen LogP contribution in [0.15, 0.2) is 48.8 Å². The fraction of sp³-hybridized carbons (Fsp3) is 0.296. The van der Waals surface area contributed by atoms with Gasteiger partial charge in [0.1, 0.15) is 5.82 Å². The second kappa shape index (κ2) is 9.55. The van der Waals surface area contributed by atoms with E-state index >= 15 is 0 Å². The Morgan fingerprint density at radius 2 is 1.69 bits per heavy atom. The molecule has 8 nitrogen and oxygen atoms in total. The summed E-state index contributed by atoms with van der Waals surface area (Å²) in [7, 11) is 0. The van der Waals surface area contributed by atoms with Crippen molar-refractivity contribution in [1.29, 1.82) is 5.26 Å². The molecule has 3 aromatic rings. The first-order valence-corrected chi connectivity index (χ1v) is 11.5. The minimum absolute atomic E-state index is 0.223. The van der Waals surface area contributed by atoms with Crippen LogP contribution in [0.25, 0.3) is 0 Å². The number of nitrogens with zero attached hydrogens (tertiary/aromatic N) is 3. The van der Waals surface area contributed by atoms with Gasteiger partial charge in [-0.15, -0.1) is 0 Å². The van der Waals surface area contributed by atoms with Crippen molar-refractivity contribution in [2.75, 3.05) is 16.0 Å². The van der Waals surface area contributed by atoms with Crippen molar-refractivity contribution in [2.45, 2.75) is 52.0 Å². The van der Waals surface area contributed by atoms with E-state index in [-0.39, 0.29) is 17.2 Å². The van der Waals surface area contributed by atoms with Gasteiger partial charge in [-0.3, -0.25) is 14.6 Å². The lowest BCUT2D eigenvalue weighted by Gasteiger charge is -2.20. The maximum atomic E-state index is 13.0. The summed E-state index contributed by atoms with van der Waals surface area (Å²) >= 11 is 0. The highest BCUT2D eigenvalue weighted by Gasteiger charge is 2.21. The summed E-state index contributed by atoms with van der Waals surface area (Å²) in [4.78, 5) is 34.5. The third-order valence-electron chi connectivity index (χ3n) is 5.73. The molecule has 0 atom stereocenters. The number of anilines is 3. The molecule has 1 aliphatic rings. The van der Waals surface area contributed by atoms with Crippen molar-refractivity contribution in [2.24, 2.45) is 0 Å². The Morgan fingerprint density at radius 3 is 2.31 bits per heavy atom. The zero-order valence-electron chi connectivity index (χ0n) is 20.3. The van der Waals surface area contributed by atoms with E-state index in [9.17, 15) is 14.9 Å². The molecule has 0 bridgehead atoms. The standard InChI is InChI=1S/C27H28N6O2/c1-16-23(26(35)32-21-7-8-24(30-14-21)31-20-5-6-20)12-22(15-29-16)33-25(34)18-9-17(13-28)10-19(11-18)27(2,3)4/h7-12,14-15,20H,5-6H2,1-4H3,(H,30,31)(H,32,35)(H,33,34). The number of hydrogen-bond donors (Lipinski definition) is 3. The predicted octanol–water partition coefficient (Wildman–Crippen LogP) is 5.03. The largest absolute Gasteiger partial charge is 0.367 e. The molecule has 2 heterocycles. The number of pyridine rings is 2. The van der Waals surface area contributed by atoms with Gasteiger partial charge in [0.2, 0.25) is 0 Å². The molecular weight excluding hydrogens is 440 g/mol. The maximum absolute atomic E-state index is 13.0. The number of carbonyl (C=O) groups excluding carboxylic acids is 2. The van der Waals surface area contributed by atoms with E-state index < -0.39 is 0 Å². The first-order chi connectivity index (χ1) is 16.6. The highest BCUT2D eigenvalue weighted by molar-refractivity contribution is 6.07. The molecule has 1 aliphatic carbocycles. The fourth-order valence-corrected chi connectivity index (χ4v) is 3.48. The Morgan fingerprint density at radius 1 is 0.971 bits per heavy atom. The fourth-order valence-electron chi connectivity index (χ4n) is 3.48. The van der Waals surface area contributed by atoms with E-state index in [0.29, 0.717) is 39.8 Å². The van der Waals surface area contributed by atoms with E-state index in [2.05, 4.69) is 32.0 Å². The quantitative estimate of drug-likeness (QED) is 0.467. The van der Waals surface area contributed by atoms with E-state index in [0.717, 1.165) is 24.2 Å². The first-order valence-electron chi connectivity index (χ1n) is 11.5. The zero-order chi connectivity index (χ0) is 25.2. The molecule has 0 unspecified atom stereocenters. The molecule has 2 aromatic heterocycles. The maximum Gasteiger partial charge on any atom is 0.257 e. The van der Waals surface area contributed by atoms with Gasteiger partial charge in [-0.05, 0) is 67.1 Å². The molecule has 0 spiro atoms. The number of hydrogen-bond acceptors (Lipinski definition) is 6. The van der Waals surface area contributed by atoms with E-state index in [4.69, 9.17) is 0 Å². The smallest absolute Gasteiger partial charge is 0.257 e. The monoisotopic (exact) mass is 468 g/mol. The van der Waals surface area contributed by atoms with Gasteiger partial charge < -0.3 is 16.0 Å². The number of nitrogens with one attached hydrogen (secondary N) is 3. The molecule has 35 heavy (non-hydrogen) atoms. The Kier molecular flexibility index (Phi) is 6.52.